The van der Waals surface area contributed by atoms with E-state index >= 15 is 0 Å². The number of non-ortho nitro benzene ring substituents is 1. The van der Waals surface area contributed by atoms with Crippen molar-refractivity contribution in [2.75, 3.05) is 18.4 Å². The van der Waals surface area contributed by atoms with Gasteiger partial charge in [-0.3, -0.25) is 14.9 Å². The Morgan fingerprint density at radius 2 is 1.80 bits per heavy atom. The van der Waals surface area contributed by atoms with Crippen LogP contribution in [0, 0.1) is 10.1 Å². The average Bonchev–Trinajstić information content (AvgIpc) is 2.60. The third-order valence-corrected chi connectivity index (χ3v) is 3.58. The van der Waals surface area contributed by atoms with Crippen LogP contribution in [0.1, 0.15) is 6.92 Å². The molecule has 2 rings (SSSR count). The van der Waals surface area contributed by atoms with Gasteiger partial charge in [0.25, 0.3) is 11.6 Å². The molecule has 0 unspecified atom stereocenters. The zero-order valence-electron chi connectivity index (χ0n) is 13.6. The van der Waals surface area contributed by atoms with Gasteiger partial charge in [0.1, 0.15) is 5.75 Å². The van der Waals surface area contributed by atoms with Crippen LogP contribution in [0.25, 0.3) is 0 Å². The molecular weight excluding hydrogens is 346 g/mol. The van der Waals surface area contributed by atoms with Crippen molar-refractivity contribution in [1.29, 1.82) is 0 Å². The van der Waals surface area contributed by atoms with Gasteiger partial charge in [-0.25, -0.2) is 0 Å². The molecule has 0 saturated carbocycles. The zero-order chi connectivity index (χ0) is 18.2. The zero-order valence-corrected chi connectivity index (χ0v) is 14.3. The minimum Gasteiger partial charge on any atom is -0.481 e. The van der Waals surface area contributed by atoms with Gasteiger partial charge in [-0.05, 0) is 43.3 Å². The van der Waals surface area contributed by atoms with Crippen molar-refractivity contribution in [2.24, 2.45) is 0 Å². The van der Waals surface area contributed by atoms with E-state index in [0.29, 0.717) is 23.9 Å². The summed E-state index contributed by atoms with van der Waals surface area (Å²) in [7, 11) is 0. The highest BCUT2D eigenvalue weighted by Crippen LogP contribution is 2.17. The van der Waals surface area contributed by atoms with E-state index in [1.165, 1.54) is 12.1 Å². The Labute approximate surface area is 150 Å². The Morgan fingerprint density at radius 3 is 2.40 bits per heavy atom. The van der Waals surface area contributed by atoms with Gasteiger partial charge in [-0.15, -0.1) is 0 Å². The molecule has 1 atom stereocenters. The summed E-state index contributed by atoms with van der Waals surface area (Å²) in [4.78, 5) is 22.1. The van der Waals surface area contributed by atoms with E-state index < -0.39 is 11.0 Å². The fourth-order valence-corrected chi connectivity index (χ4v) is 2.13. The van der Waals surface area contributed by atoms with Crippen LogP contribution < -0.4 is 15.4 Å². The maximum absolute atomic E-state index is 12.0. The monoisotopic (exact) mass is 363 g/mol. The number of rotatable bonds is 8. The number of hydrogen-bond acceptors (Lipinski definition) is 5. The molecule has 7 nitrogen and oxygen atoms in total. The van der Waals surface area contributed by atoms with Gasteiger partial charge in [-0.2, -0.15) is 0 Å². The van der Waals surface area contributed by atoms with Crippen LogP contribution >= 0.6 is 11.6 Å². The van der Waals surface area contributed by atoms with Crippen LogP contribution in [0.5, 0.6) is 5.75 Å². The Hall–Kier alpha value is -2.80. The molecule has 0 heterocycles. The summed E-state index contributed by atoms with van der Waals surface area (Å²) < 4.78 is 5.53. The normalized spacial score (nSPS) is 11.4. The summed E-state index contributed by atoms with van der Waals surface area (Å²) in [6.45, 7) is 2.54. The smallest absolute Gasteiger partial charge is 0.269 e. The second-order valence-electron chi connectivity index (χ2n) is 5.24. The SMILES string of the molecule is C[C@@H](Oc1ccc(Cl)cc1)C(=O)NCCNc1ccc([N+](=O)[O-])cc1. The van der Waals surface area contributed by atoms with Crippen molar-refractivity contribution < 1.29 is 14.5 Å². The number of benzene rings is 2. The molecule has 132 valence electrons. The number of carbonyl (C=O) groups is 1. The molecule has 0 saturated heterocycles. The van der Waals surface area contributed by atoms with Gasteiger partial charge in [0.05, 0.1) is 4.92 Å². The molecule has 2 N–H and O–H groups in total. The molecule has 2 aromatic carbocycles. The summed E-state index contributed by atoms with van der Waals surface area (Å²) >= 11 is 5.79. The lowest BCUT2D eigenvalue weighted by atomic mass is 10.3. The molecular formula is C17H18ClN3O4. The van der Waals surface area contributed by atoms with E-state index in [2.05, 4.69) is 10.6 Å². The summed E-state index contributed by atoms with van der Waals surface area (Å²) in [6, 6.07) is 12.8. The Kier molecular flexibility index (Phi) is 6.59. The fourth-order valence-electron chi connectivity index (χ4n) is 2.01. The Bertz CT molecular complexity index is 720. The van der Waals surface area contributed by atoms with Crippen LogP contribution in [-0.4, -0.2) is 30.0 Å². The van der Waals surface area contributed by atoms with E-state index in [1.54, 1.807) is 43.3 Å². The molecule has 0 fully saturated rings. The highest BCUT2D eigenvalue weighted by Gasteiger charge is 2.13. The maximum atomic E-state index is 12.0. The third kappa shape index (κ3) is 5.96. The summed E-state index contributed by atoms with van der Waals surface area (Å²) in [5, 5.41) is 17.0. The van der Waals surface area contributed by atoms with E-state index in [9.17, 15) is 14.9 Å². The number of nitro groups is 1. The molecule has 0 aromatic heterocycles. The largest absolute Gasteiger partial charge is 0.481 e. The molecule has 0 aliphatic carbocycles. The summed E-state index contributed by atoms with van der Waals surface area (Å²) in [6.07, 6.45) is -0.638. The number of amides is 1. The van der Waals surface area contributed by atoms with Crippen molar-refractivity contribution >= 4 is 28.9 Å². The summed E-state index contributed by atoms with van der Waals surface area (Å²) in [5.74, 6) is 0.330. The lowest BCUT2D eigenvalue weighted by Gasteiger charge is -2.15. The van der Waals surface area contributed by atoms with Crippen LogP contribution in [0.4, 0.5) is 11.4 Å². The van der Waals surface area contributed by atoms with E-state index in [0.717, 1.165) is 5.69 Å². The highest BCUT2D eigenvalue weighted by molar-refractivity contribution is 6.30. The quantitative estimate of drug-likeness (QED) is 0.426. The predicted octanol–water partition coefficient (Wildman–Crippen LogP) is 3.24. The Balaban J connectivity index is 1.70. The van der Waals surface area contributed by atoms with Crippen molar-refractivity contribution in [3.05, 3.63) is 63.7 Å². The molecule has 0 spiro atoms. The molecule has 25 heavy (non-hydrogen) atoms. The lowest BCUT2D eigenvalue weighted by molar-refractivity contribution is -0.384. The first-order chi connectivity index (χ1) is 12.0. The van der Waals surface area contributed by atoms with Gasteiger partial charge >= 0.3 is 0 Å². The van der Waals surface area contributed by atoms with Gasteiger partial charge in [-0.1, -0.05) is 11.6 Å². The number of hydrogen-bond donors (Lipinski definition) is 2. The second kappa shape index (κ2) is 8.89. The number of ether oxygens (including phenoxy) is 1. The maximum Gasteiger partial charge on any atom is 0.269 e. The number of carbonyl (C=O) groups excluding carboxylic acids is 1. The van der Waals surface area contributed by atoms with Crippen molar-refractivity contribution in [3.63, 3.8) is 0 Å². The molecule has 1 amide bonds. The van der Waals surface area contributed by atoms with Crippen LogP contribution in [0.15, 0.2) is 48.5 Å². The lowest BCUT2D eigenvalue weighted by Crippen LogP contribution is -2.38. The Morgan fingerprint density at radius 1 is 1.16 bits per heavy atom. The molecule has 0 aliphatic rings. The molecule has 2 aromatic rings. The first-order valence-corrected chi connectivity index (χ1v) is 8.02. The highest BCUT2D eigenvalue weighted by atomic mass is 35.5. The molecule has 0 aliphatic heterocycles. The number of nitrogens with one attached hydrogen (secondary N) is 2. The van der Waals surface area contributed by atoms with Crippen LogP contribution in [0.3, 0.4) is 0 Å². The summed E-state index contributed by atoms with van der Waals surface area (Å²) in [5.41, 5.74) is 0.775. The number of anilines is 1. The second-order valence-corrected chi connectivity index (χ2v) is 5.67. The third-order valence-electron chi connectivity index (χ3n) is 3.33. The van der Waals surface area contributed by atoms with Gasteiger partial charge < -0.3 is 15.4 Å². The molecule has 0 bridgehead atoms. The van der Waals surface area contributed by atoms with E-state index in [1.807, 2.05) is 0 Å². The fraction of sp³-hybridized carbons (Fsp3) is 0.235. The average molecular weight is 364 g/mol. The number of nitro benzene ring substituents is 1. The van der Waals surface area contributed by atoms with Crippen molar-refractivity contribution in [1.82, 2.24) is 5.32 Å². The number of halogens is 1. The first-order valence-electron chi connectivity index (χ1n) is 7.64. The molecule has 8 heteroatoms. The van der Waals surface area contributed by atoms with E-state index in [4.69, 9.17) is 16.3 Å². The standard InChI is InChI=1S/C17H18ClN3O4/c1-12(25-16-8-2-13(18)3-9-16)17(22)20-11-10-19-14-4-6-15(7-5-14)21(23)24/h2-9,12,19H,10-11H2,1H3,(H,20,22)/t12-/m1/s1. The van der Waals surface area contributed by atoms with Gasteiger partial charge in [0.2, 0.25) is 0 Å². The van der Waals surface area contributed by atoms with Gasteiger partial charge in [0.15, 0.2) is 6.10 Å². The number of nitrogens with zero attached hydrogens (tertiary/aromatic N) is 1. The van der Waals surface area contributed by atoms with Crippen molar-refractivity contribution in [3.8, 4) is 5.75 Å². The molecule has 0 radical (unpaired) electrons. The predicted molar refractivity (Wildman–Crippen MR) is 96.1 cm³/mol. The minimum atomic E-state index is -0.638. The van der Waals surface area contributed by atoms with Crippen LogP contribution in [-0.2, 0) is 4.79 Å². The minimum absolute atomic E-state index is 0.0343. The van der Waals surface area contributed by atoms with Gasteiger partial charge in [0, 0.05) is 35.9 Å². The van der Waals surface area contributed by atoms with Crippen LogP contribution in [0.2, 0.25) is 5.02 Å². The topological polar surface area (TPSA) is 93.5 Å². The first kappa shape index (κ1) is 18.5. The van der Waals surface area contributed by atoms with Crippen molar-refractivity contribution in [2.45, 2.75) is 13.0 Å². The van der Waals surface area contributed by atoms with E-state index in [-0.39, 0.29) is 11.6 Å².